The predicted molar refractivity (Wildman–Crippen MR) is 65.8 cm³/mol. The van der Waals surface area contributed by atoms with Crippen molar-refractivity contribution in [2.75, 3.05) is 26.3 Å². The van der Waals surface area contributed by atoms with Crippen molar-refractivity contribution in [2.24, 2.45) is 0 Å². The van der Waals surface area contributed by atoms with Gasteiger partial charge in [0, 0.05) is 13.1 Å². The van der Waals surface area contributed by atoms with Crippen molar-refractivity contribution in [2.45, 2.75) is 0 Å². The van der Waals surface area contributed by atoms with Crippen LogP contribution in [0.15, 0.2) is 16.6 Å². The zero-order chi connectivity index (χ0) is 12.4. The highest BCUT2D eigenvalue weighted by Gasteiger charge is 2.21. The maximum Gasteiger partial charge on any atom is 0.255 e. The molecule has 1 fully saturated rings. The number of benzene rings is 1. The van der Waals surface area contributed by atoms with Gasteiger partial charge in [0.05, 0.1) is 28.3 Å². The summed E-state index contributed by atoms with van der Waals surface area (Å²) in [4.78, 5) is 13.7. The molecule has 1 aliphatic heterocycles. The van der Waals surface area contributed by atoms with Gasteiger partial charge in [0.15, 0.2) is 0 Å². The average molecular weight is 323 g/mol. The second kappa shape index (κ2) is 5.33. The molecule has 0 aromatic heterocycles. The summed E-state index contributed by atoms with van der Waals surface area (Å²) in [5.41, 5.74) is 0.189. The van der Waals surface area contributed by atoms with E-state index < -0.39 is 5.82 Å². The SMILES string of the molecule is O=C(c1cc(F)c(Br)cc1Cl)N1CCOCC1. The fraction of sp³-hybridized carbons (Fsp3) is 0.364. The zero-order valence-electron chi connectivity index (χ0n) is 8.88. The first kappa shape index (κ1) is 12.8. The Morgan fingerprint density at radius 2 is 2.06 bits per heavy atom. The number of nitrogens with zero attached hydrogens (tertiary/aromatic N) is 1. The number of hydrogen-bond acceptors (Lipinski definition) is 2. The van der Waals surface area contributed by atoms with Gasteiger partial charge in [-0.2, -0.15) is 0 Å². The van der Waals surface area contributed by atoms with Crippen molar-refractivity contribution in [3.63, 3.8) is 0 Å². The zero-order valence-corrected chi connectivity index (χ0v) is 11.2. The number of carbonyl (C=O) groups excluding carboxylic acids is 1. The summed E-state index contributed by atoms with van der Waals surface area (Å²) in [6.45, 7) is 2.02. The highest BCUT2D eigenvalue weighted by molar-refractivity contribution is 9.10. The Morgan fingerprint density at radius 1 is 1.41 bits per heavy atom. The fourth-order valence-corrected chi connectivity index (χ4v) is 2.34. The molecule has 17 heavy (non-hydrogen) atoms. The van der Waals surface area contributed by atoms with E-state index in [4.69, 9.17) is 16.3 Å². The first-order valence-corrected chi connectivity index (χ1v) is 6.28. The van der Waals surface area contributed by atoms with Crippen molar-refractivity contribution in [1.29, 1.82) is 0 Å². The number of halogens is 3. The topological polar surface area (TPSA) is 29.5 Å². The summed E-state index contributed by atoms with van der Waals surface area (Å²) < 4.78 is 18.8. The van der Waals surface area contributed by atoms with Gasteiger partial charge in [0.1, 0.15) is 5.82 Å². The van der Waals surface area contributed by atoms with Gasteiger partial charge in [-0.15, -0.1) is 0 Å². The van der Waals surface area contributed by atoms with Gasteiger partial charge >= 0.3 is 0 Å². The lowest BCUT2D eigenvalue weighted by Crippen LogP contribution is -2.40. The standard InChI is InChI=1S/C11H10BrClFNO2/c12-8-6-9(13)7(5-10(8)14)11(16)15-1-3-17-4-2-15/h5-6H,1-4H2. The molecule has 0 bridgehead atoms. The molecular formula is C11H10BrClFNO2. The van der Waals surface area contributed by atoms with Crippen molar-refractivity contribution in [3.8, 4) is 0 Å². The van der Waals surface area contributed by atoms with Crippen LogP contribution in [-0.4, -0.2) is 37.1 Å². The molecule has 1 amide bonds. The normalized spacial score (nSPS) is 16.1. The van der Waals surface area contributed by atoms with Crippen molar-refractivity contribution < 1.29 is 13.9 Å². The minimum atomic E-state index is -0.494. The molecule has 92 valence electrons. The summed E-state index contributed by atoms with van der Waals surface area (Å²) in [5.74, 6) is -0.754. The molecular weight excluding hydrogens is 312 g/mol. The van der Waals surface area contributed by atoms with E-state index in [1.807, 2.05) is 0 Å². The molecule has 0 atom stereocenters. The van der Waals surface area contributed by atoms with E-state index in [0.29, 0.717) is 26.3 Å². The summed E-state index contributed by atoms with van der Waals surface area (Å²) in [5, 5.41) is 0.245. The smallest absolute Gasteiger partial charge is 0.255 e. The quantitative estimate of drug-likeness (QED) is 0.744. The van der Waals surface area contributed by atoms with E-state index in [1.165, 1.54) is 6.07 Å². The van der Waals surface area contributed by atoms with Gasteiger partial charge in [-0.25, -0.2) is 4.39 Å². The van der Waals surface area contributed by atoms with Crippen LogP contribution in [0.25, 0.3) is 0 Å². The molecule has 0 radical (unpaired) electrons. The first-order chi connectivity index (χ1) is 8.09. The molecule has 0 N–H and O–H groups in total. The molecule has 2 rings (SSSR count). The molecule has 6 heteroatoms. The number of rotatable bonds is 1. The molecule has 1 saturated heterocycles. The van der Waals surface area contributed by atoms with E-state index in [9.17, 15) is 9.18 Å². The van der Waals surface area contributed by atoms with Crippen LogP contribution in [0.5, 0.6) is 0 Å². The molecule has 1 aromatic carbocycles. The van der Waals surface area contributed by atoms with Crippen LogP contribution >= 0.6 is 27.5 Å². The van der Waals surface area contributed by atoms with Crippen LogP contribution in [0.1, 0.15) is 10.4 Å². The fourth-order valence-electron chi connectivity index (χ4n) is 1.62. The molecule has 0 saturated carbocycles. The third kappa shape index (κ3) is 2.78. The largest absolute Gasteiger partial charge is 0.378 e. The number of carbonyl (C=O) groups is 1. The Kier molecular flexibility index (Phi) is 4.01. The molecule has 0 aliphatic carbocycles. The van der Waals surface area contributed by atoms with E-state index in [2.05, 4.69) is 15.9 Å². The summed E-state index contributed by atoms with van der Waals surface area (Å²) in [7, 11) is 0. The number of ether oxygens (including phenoxy) is 1. The van der Waals surface area contributed by atoms with Gasteiger partial charge in [0.25, 0.3) is 5.91 Å². The summed E-state index contributed by atoms with van der Waals surface area (Å²) in [6.07, 6.45) is 0. The van der Waals surface area contributed by atoms with Crippen molar-refractivity contribution in [3.05, 3.63) is 33.0 Å². The van der Waals surface area contributed by atoms with E-state index in [-0.39, 0.29) is 21.0 Å². The Labute approximate surface area is 112 Å². The summed E-state index contributed by atoms with van der Waals surface area (Å²) in [6, 6.07) is 2.55. The van der Waals surface area contributed by atoms with Crippen LogP contribution in [0, 0.1) is 5.82 Å². The van der Waals surface area contributed by atoms with Crippen LogP contribution in [-0.2, 0) is 4.74 Å². The Bertz CT molecular complexity index is 449. The highest BCUT2D eigenvalue weighted by atomic mass is 79.9. The minimum Gasteiger partial charge on any atom is -0.378 e. The summed E-state index contributed by atoms with van der Waals surface area (Å²) >= 11 is 8.96. The number of hydrogen-bond donors (Lipinski definition) is 0. The molecule has 1 heterocycles. The maximum atomic E-state index is 13.4. The molecule has 0 spiro atoms. The van der Waals surface area contributed by atoms with Crippen LogP contribution in [0.3, 0.4) is 0 Å². The molecule has 0 unspecified atom stereocenters. The number of morpholine rings is 1. The second-order valence-electron chi connectivity index (χ2n) is 3.65. The van der Waals surface area contributed by atoms with Crippen LogP contribution < -0.4 is 0 Å². The van der Waals surface area contributed by atoms with Gasteiger partial charge in [-0.05, 0) is 28.1 Å². The minimum absolute atomic E-state index is 0.189. The van der Waals surface area contributed by atoms with E-state index >= 15 is 0 Å². The third-order valence-electron chi connectivity index (χ3n) is 2.54. The van der Waals surface area contributed by atoms with Gasteiger partial charge in [0.2, 0.25) is 0 Å². The maximum absolute atomic E-state index is 13.4. The predicted octanol–water partition coefficient (Wildman–Crippen LogP) is 2.71. The Morgan fingerprint density at radius 3 is 2.71 bits per heavy atom. The third-order valence-corrected chi connectivity index (χ3v) is 3.46. The van der Waals surface area contributed by atoms with Crippen molar-refractivity contribution >= 4 is 33.4 Å². The van der Waals surface area contributed by atoms with Crippen molar-refractivity contribution in [1.82, 2.24) is 4.90 Å². The van der Waals surface area contributed by atoms with Crippen LogP contribution in [0.4, 0.5) is 4.39 Å². The highest BCUT2D eigenvalue weighted by Crippen LogP contribution is 2.25. The van der Waals surface area contributed by atoms with E-state index in [1.54, 1.807) is 4.90 Å². The molecule has 1 aromatic rings. The molecule has 3 nitrogen and oxygen atoms in total. The van der Waals surface area contributed by atoms with Gasteiger partial charge in [-0.3, -0.25) is 4.79 Å². The number of amides is 1. The second-order valence-corrected chi connectivity index (χ2v) is 4.91. The Balaban J connectivity index is 2.26. The van der Waals surface area contributed by atoms with Gasteiger partial charge in [-0.1, -0.05) is 11.6 Å². The van der Waals surface area contributed by atoms with Gasteiger partial charge < -0.3 is 9.64 Å². The monoisotopic (exact) mass is 321 g/mol. The lowest BCUT2D eigenvalue weighted by Gasteiger charge is -2.27. The lowest BCUT2D eigenvalue weighted by molar-refractivity contribution is 0.0302. The van der Waals surface area contributed by atoms with E-state index in [0.717, 1.165) is 6.07 Å². The first-order valence-electron chi connectivity index (χ1n) is 5.11. The Hall–Kier alpha value is -0.650. The molecule has 1 aliphatic rings. The lowest BCUT2D eigenvalue weighted by atomic mass is 10.2. The van der Waals surface area contributed by atoms with Crippen LogP contribution in [0.2, 0.25) is 5.02 Å². The average Bonchev–Trinajstić information content (AvgIpc) is 2.34.